The van der Waals surface area contributed by atoms with Gasteiger partial charge in [0.1, 0.15) is 11.3 Å². The lowest BCUT2D eigenvalue weighted by molar-refractivity contribution is 0.0890. The van der Waals surface area contributed by atoms with Crippen LogP contribution in [0, 0.1) is 0 Å². The zero-order chi connectivity index (χ0) is 21.5. The predicted octanol–water partition coefficient (Wildman–Crippen LogP) is 6.21. The highest BCUT2D eigenvalue weighted by Gasteiger charge is 2.11. The van der Waals surface area contributed by atoms with E-state index in [4.69, 9.17) is 4.74 Å². The maximum absolute atomic E-state index is 12.6. The number of para-hydroxylation sites is 1. The van der Waals surface area contributed by atoms with Gasteiger partial charge in [-0.25, -0.2) is 0 Å². The summed E-state index contributed by atoms with van der Waals surface area (Å²) in [5.74, 6) is 0.875. The second kappa shape index (κ2) is 10.2. The number of aromatic nitrogens is 3. The smallest absolute Gasteiger partial charge is 0.249 e. The minimum Gasteiger partial charge on any atom is -0.494 e. The van der Waals surface area contributed by atoms with Gasteiger partial charge < -0.3 is 4.74 Å². The fourth-order valence-electron chi connectivity index (χ4n) is 3.82. The lowest BCUT2D eigenvalue weighted by atomic mass is 10.0. The van der Waals surface area contributed by atoms with Crippen molar-refractivity contribution < 1.29 is 9.53 Å². The van der Waals surface area contributed by atoms with Crippen molar-refractivity contribution in [2.24, 2.45) is 0 Å². The number of carbonyl (C=O) groups is 1. The standard InChI is InChI=1S/C26H29N3O2/c1-2-3-4-5-8-17-31-23-15-14-21-18-20(11-13-22(21)19-23)12-16-26(30)29-25-10-7-6-9-24(25)27-28-29/h6-7,9-11,13-15,18-19H,2-5,8,12,16-17H2,1H3. The van der Waals surface area contributed by atoms with Crippen LogP contribution >= 0.6 is 0 Å². The van der Waals surface area contributed by atoms with Gasteiger partial charge in [0.25, 0.3) is 0 Å². The number of nitrogens with zero attached hydrogens (tertiary/aromatic N) is 3. The minimum atomic E-state index is -0.0449. The highest BCUT2D eigenvalue weighted by molar-refractivity contribution is 5.89. The van der Waals surface area contributed by atoms with E-state index >= 15 is 0 Å². The van der Waals surface area contributed by atoms with E-state index in [1.54, 1.807) is 0 Å². The number of rotatable bonds is 10. The molecular formula is C26H29N3O2. The molecule has 0 N–H and O–H groups in total. The number of carbonyl (C=O) groups excluding carboxylic acids is 1. The molecule has 0 amide bonds. The normalized spacial score (nSPS) is 11.3. The van der Waals surface area contributed by atoms with Gasteiger partial charge in [-0.3, -0.25) is 4.79 Å². The molecule has 1 aromatic heterocycles. The molecule has 0 saturated carbocycles. The fraction of sp³-hybridized carbons (Fsp3) is 0.346. The first-order chi connectivity index (χ1) is 15.2. The molecule has 0 spiro atoms. The molecule has 0 saturated heterocycles. The van der Waals surface area contributed by atoms with E-state index in [1.807, 2.05) is 30.3 Å². The first-order valence-electron chi connectivity index (χ1n) is 11.2. The molecular weight excluding hydrogens is 386 g/mol. The van der Waals surface area contributed by atoms with Crippen molar-refractivity contribution >= 4 is 27.7 Å². The van der Waals surface area contributed by atoms with Crippen molar-refractivity contribution in [1.29, 1.82) is 0 Å². The summed E-state index contributed by atoms with van der Waals surface area (Å²) in [4.78, 5) is 12.6. The van der Waals surface area contributed by atoms with Gasteiger partial charge >= 0.3 is 0 Å². The Kier molecular flexibility index (Phi) is 6.92. The van der Waals surface area contributed by atoms with Crippen LogP contribution in [0.4, 0.5) is 0 Å². The molecule has 4 rings (SSSR count). The van der Waals surface area contributed by atoms with Crippen molar-refractivity contribution in [3.8, 4) is 5.75 Å². The quantitative estimate of drug-likeness (QED) is 0.289. The van der Waals surface area contributed by atoms with Crippen molar-refractivity contribution in [3.63, 3.8) is 0 Å². The Balaban J connectivity index is 1.34. The summed E-state index contributed by atoms with van der Waals surface area (Å²) in [6.07, 6.45) is 7.24. The molecule has 0 atom stereocenters. The SMILES string of the molecule is CCCCCCCOc1ccc2cc(CCC(=O)n3nnc4ccccc43)ccc2c1. The van der Waals surface area contributed by atoms with Gasteiger partial charge in [0, 0.05) is 6.42 Å². The average molecular weight is 416 g/mol. The van der Waals surface area contributed by atoms with E-state index in [2.05, 4.69) is 47.6 Å². The second-order valence-corrected chi connectivity index (χ2v) is 7.99. The lowest BCUT2D eigenvalue weighted by Gasteiger charge is -2.09. The van der Waals surface area contributed by atoms with E-state index < -0.39 is 0 Å². The van der Waals surface area contributed by atoms with Crippen LogP contribution in [-0.4, -0.2) is 27.5 Å². The van der Waals surface area contributed by atoms with E-state index in [0.717, 1.165) is 46.1 Å². The van der Waals surface area contributed by atoms with Gasteiger partial charge in [-0.05, 0) is 53.4 Å². The summed E-state index contributed by atoms with van der Waals surface area (Å²) < 4.78 is 7.32. The summed E-state index contributed by atoms with van der Waals surface area (Å²) >= 11 is 0. The monoisotopic (exact) mass is 415 g/mol. The maximum Gasteiger partial charge on any atom is 0.249 e. The van der Waals surface area contributed by atoms with Gasteiger partial charge in [-0.1, -0.05) is 74.2 Å². The summed E-state index contributed by atoms with van der Waals surface area (Å²) in [5.41, 5.74) is 2.62. The average Bonchev–Trinajstić information content (AvgIpc) is 3.24. The Morgan fingerprint density at radius 2 is 1.74 bits per heavy atom. The van der Waals surface area contributed by atoms with E-state index in [0.29, 0.717) is 12.8 Å². The molecule has 0 unspecified atom stereocenters. The van der Waals surface area contributed by atoms with Gasteiger partial charge in [0.05, 0.1) is 12.1 Å². The molecule has 5 nitrogen and oxygen atoms in total. The van der Waals surface area contributed by atoms with Crippen molar-refractivity contribution in [1.82, 2.24) is 15.0 Å². The summed E-state index contributed by atoms with van der Waals surface area (Å²) in [6, 6.07) is 20.1. The van der Waals surface area contributed by atoms with Crippen LogP contribution in [0.5, 0.6) is 5.75 Å². The van der Waals surface area contributed by atoms with Crippen molar-refractivity contribution in [2.45, 2.75) is 51.9 Å². The largest absolute Gasteiger partial charge is 0.494 e. The maximum atomic E-state index is 12.6. The van der Waals surface area contributed by atoms with E-state index in [9.17, 15) is 4.79 Å². The summed E-state index contributed by atoms with van der Waals surface area (Å²) in [7, 11) is 0. The van der Waals surface area contributed by atoms with Crippen LogP contribution in [0.2, 0.25) is 0 Å². The molecule has 0 aliphatic rings. The number of fused-ring (bicyclic) bond motifs is 2. The van der Waals surface area contributed by atoms with Crippen molar-refractivity contribution in [2.75, 3.05) is 6.61 Å². The Labute approximate surface area is 183 Å². The summed E-state index contributed by atoms with van der Waals surface area (Å²) in [6.45, 7) is 3.00. The van der Waals surface area contributed by atoms with Crippen LogP contribution < -0.4 is 4.74 Å². The van der Waals surface area contributed by atoms with Gasteiger partial charge in [0.15, 0.2) is 0 Å². The zero-order valence-corrected chi connectivity index (χ0v) is 18.1. The predicted molar refractivity (Wildman–Crippen MR) is 125 cm³/mol. The Morgan fingerprint density at radius 1 is 0.935 bits per heavy atom. The van der Waals surface area contributed by atoms with Crippen LogP contribution in [0.15, 0.2) is 60.7 Å². The number of benzene rings is 3. The third-order valence-corrected chi connectivity index (χ3v) is 5.61. The number of ether oxygens (including phenoxy) is 1. The van der Waals surface area contributed by atoms with E-state index in [1.165, 1.54) is 30.4 Å². The third-order valence-electron chi connectivity index (χ3n) is 5.61. The summed E-state index contributed by atoms with van der Waals surface area (Å²) in [5, 5.41) is 10.4. The number of unbranched alkanes of at least 4 members (excludes halogenated alkanes) is 4. The molecule has 31 heavy (non-hydrogen) atoms. The molecule has 0 bridgehead atoms. The minimum absolute atomic E-state index is 0.0449. The fourth-order valence-corrected chi connectivity index (χ4v) is 3.82. The van der Waals surface area contributed by atoms with Gasteiger partial charge in [-0.15, -0.1) is 5.10 Å². The number of hydrogen-bond donors (Lipinski definition) is 0. The van der Waals surface area contributed by atoms with E-state index in [-0.39, 0.29) is 5.91 Å². The molecule has 0 fully saturated rings. The molecule has 3 aromatic carbocycles. The van der Waals surface area contributed by atoms with Crippen LogP contribution in [-0.2, 0) is 6.42 Å². The van der Waals surface area contributed by atoms with Crippen LogP contribution in [0.25, 0.3) is 21.8 Å². The first kappa shape index (κ1) is 21.0. The molecule has 0 radical (unpaired) electrons. The van der Waals surface area contributed by atoms with Crippen molar-refractivity contribution in [3.05, 3.63) is 66.2 Å². The number of hydrogen-bond acceptors (Lipinski definition) is 4. The molecule has 160 valence electrons. The third kappa shape index (κ3) is 5.29. The van der Waals surface area contributed by atoms with Gasteiger partial charge in [-0.2, -0.15) is 4.68 Å². The Morgan fingerprint density at radius 3 is 2.65 bits per heavy atom. The highest BCUT2D eigenvalue weighted by atomic mass is 16.5. The first-order valence-corrected chi connectivity index (χ1v) is 11.2. The van der Waals surface area contributed by atoms with Gasteiger partial charge in [0.2, 0.25) is 5.91 Å². The molecule has 0 aliphatic carbocycles. The highest BCUT2D eigenvalue weighted by Crippen LogP contribution is 2.23. The zero-order valence-electron chi connectivity index (χ0n) is 18.1. The molecule has 1 heterocycles. The second-order valence-electron chi connectivity index (χ2n) is 7.99. The van der Waals surface area contributed by atoms with Crippen LogP contribution in [0.1, 0.15) is 55.8 Å². The topological polar surface area (TPSA) is 57.0 Å². The Bertz CT molecular complexity index is 1170. The number of aryl methyl sites for hydroxylation is 1. The Hall–Kier alpha value is -3.21. The molecule has 5 heteroatoms. The van der Waals surface area contributed by atoms with Crippen LogP contribution in [0.3, 0.4) is 0 Å². The lowest BCUT2D eigenvalue weighted by Crippen LogP contribution is -2.13. The molecule has 4 aromatic rings. The molecule has 0 aliphatic heterocycles.